The van der Waals surface area contributed by atoms with Crippen LogP contribution in [0.5, 0.6) is 0 Å². The van der Waals surface area contributed by atoms with Gasteiger partial charge in [-0.25, -0.2) is 0 Å². The standard InChI is InChI=1S/C32H46ClNO8/c1-20(2)11-5-8-14-24(35)19-28(37)31(40)30(39)22(4)25(33)15-9-6-12-21(3)13-7-10-16-29(38)34-26-17-23(32(41)42)18-27(26)36/h5-16,20,22-24,26-28,30-31,35-37,39-40H,17-19H2,1-4H3,(H,34,38)(H,41,42)/b9-6+,11-5+,13-7+,14-8+,16-10+,21-12+,25-15-. The fraction of sp³-hybridized carbons (Fsp3) is 0.500. The zero-order valence-electron chi connectivity index (χ0n) is 24.6. The quantitative estimate of drug-likeness (QED) is 0.104. The molecule has 0 spiro atoms. The van der Waals surface area contributed by atoms with Crippen molar-refractivity contribution in [3.05, 3.63) is 83.5 Å². The smallest absolute Gasteiger partial charge is 0.306 e. The zero-order valence-corrected chi connectivity index (χ0v) is 25.4. The molecule has 0 bridgehead atoms. The van der Waals surface area contributed by atoms with Gasteiger partial charge in [0.05, 0.1) is 36.4 Å². The second-order valence-corrected chi connectivity index (χ2v) is 11.3. The van der Waals surface area contributed by atoms with Crippen LogP contribution in [0.15, 0.2) is 83.5 Å². The number of halogens is 1. The summed E-state index contributed by atoms with van der Waals surface area (Å²) in [7, 11) is 0. The van der Waals surface area contributed by atoms with E-state index in [0.717, 1.165) is 5.57 Å². The molecule has 0 radical (unpaired) electrons. The summed E-state index contributed by atoms with van der Waals surface area (Å²) in [6.07, 6.45) is 14.0. The number of amides is 1. The second-order valence-electron chi connectivity index (χ2n) is 10.9. The second kappa shape index (κ2) is 19.4. The van der Waals surface area contributed by atoms with Gasteiger partial charge in [0.2, 0.25) is 5.91 Å². The molecule has 1 saturated carbocycles. The summed E-state index contributed by atoms with van der Waals surface area (Å²) in [5.41, 5.74) is 0.857. The van der Waals surface area contributed by atoms with E-state index in [1.807, 2.05) is 26.8 Å². The van der Waals surface area contributed by atoms with Gasteiger partial charge < -0.3 is 36.0 Å². The summed E-state index contributed by atoms with van der Waals surface area (Å²) in [4.78, 5) is 23.1. The summed E-state index contributed by atoms with van der Waals surface area (Å²) in [6, 6.07) is -0.589. The first-order valence-corrected chi connectivity index (χ1v) is 14.4. The van der Waals surface area contributed by atoms with E-state index >= 15 is 0 Å². The highest BCUT2D eigenvalue weighted by atomic mass is 35.5. The molecule has 0 heterocycles. The zero-order chi connectivity index (χ0) is 31.8. The molecule has 1 aliphatic carbocycles. The summed E-state index contributed by atoms with van der Waals surface area (Å²) < 4.78 is 0. The number of hydrogen-bond acceptors (Lipinski definition) is 7. The van der Waals surface area contributed by atoms with E-state index in [1.165, 1.54) is 18.2 Å². The van der Waals surface area contributed by atoms with Crippen LogP contribution in [0.25, 0.3) is 0 Å². The minimum Gasteiger partial charge on any atom is -0.481 e. The predicted molar refractivity (Wildman–Crippen MR) is 164 cm³/mol. The van der Waals surface area contributed by atoms with Crippen LogP contribution in [-0.4, -0.2) is 79.1 Å². The molecule has 0 aliphatic heterocycles. The molecule has 9 nitrogen and oxygen atoms in total. The molecule has 0 aromatic carbocycles. The molecule has 0 aromatic rings. The van der Waals surface area contributed by atoms with Gasteiger partial charge in [-0.1, -0.05) is 98.7 Å². The maximum atomic E-state index is 12.0. The van der Waals surface area contributed by atoms with Crippen molar-refractivity contribution >= 4 is 23.5 Å². The Morgan fingerprint density at radius 1 is 0.881 bits per heavy atom. The van der Waals surface area contributed by atoms with Crippen LogP contribution >= 0.6 is 11.6 Å². The molecule has 42 heavy (non-hydrogen) atoms. The normalized spacial score (nSPS) is 24.4. The van der Waals surface area contributed by atoms with E-state index in [2.05, 4.69) is 5.32 Å². The van der Waals surface area contributed by atoms with Crippen molar-refractivity contribution in [3.8, 4) is 0 Å². The Hall–Kier alpha value is -2.79. The Labute approximate surface area is 253 Å². The number of aliphatic hydroxyl groups excluding tert-OH is 5. The van der Waals surface area contributed by atoms with Crippen molar-refractivity contribution < 1.29 is 40.2 Å². The van der Waals surface area contributed by atoms with Gasteiger partial charge in [0, 0.05) is 23.4 Å². The van der Waals surface area contributed by atoms with Gasteiger partial charge in [-0.15, -0.1) is 0 Å². The number of nitrogens with one attached hydrogen (secondary N) is 1. The fourth-order valence-electron chi connectivity index (χ4n) is 4.15. The minimum absolute atomic E-state index is 0.118. The maximum Gasteiger partial charge on any atom is 0.306 e. The average molecular weight is 608 g/mol. The SMILES string of the molecule is CC(/C=C/C=C/C(=O)NC1CC(C(=O)O)CC1O)=C\C=C\C=C(/Cl)C(C)C(O)C(O)C(O)CC(O)/C=C/C=C/C(C)C. The molecule has 8 atom stereocenters. The number of aliphatic hydroxyl groups is 5. The van der Waals surface area contributed by atoms with E-state index < -0.39 is 60.3 Å². The Morgan fingerprint density at radius 3 is 2.12 bits per heavy atom. The van der Waals surface area contributed by atoms with E-state index in [9.17, 15) is 35.1 Å². The number of hydrogen-bond donors (Lipinski definition) is 7. The Balaban J connectivity index is 2.55. The number of aliphatic carboxylic acids is 1. The maximum absolute atomic E-state index is 12.0. The highest BCUT2D eigenvalue weighted by molar-refractivity contribution is 6.30. The van der Waals surface area contributed by atoms with E-state index in [0.29, 0.717) is 5.92 Å². The van der Waals surface area contributed by atoms with Crippen LogP contribution in [0.2, 0.25) is 0 Å². The molecule has 1 rings (SSSR count). The summed E-state index contributed by atoms with van der Waals surface area (Å²) in [5.74, 6) is -2.38. The lowest BCUT2D eigenvalue weighted by Crippen LogP contribution is -2.42. The third kappa shape index (κ3) is 14.4. The van der Waals surface area contributed by atoms with Gasteiger partial charge in [-0.05, 0) is 31.8 Å². The van der Waals surface area contributed by atoms with E-state index in [1.54, 1.807) is 55.5 Å². The van der Waals surface area contributed by atoms with E-state index in [-0.39, 0.29) is 24.3 Å². The third-order valence-corrected chi connectivity index (χ3v) is 7.23. The predicted octanol–water partition coefficient (Wildman–Crippen LogP) is 3.30. The Bertz CT molecular complexity index is 1070. The fourth-order valence-corrected chi connectivity index (χ4v) is 4.35. The number of rotatable bonds is 16. The monoisotopic (exact) mass is 607 g/mol. The van der Waals surface area contributed by atoms with Crippen molar-refractivity contribution in [1.29, 1.82) is 0 Å². The van der Waals surface area contributed by atoms with Crippen molar-refractivity contribution in [1.82, 2.24) is 5.32 Å². The first kappa shape index (κ1) is 37.2. The van der Waals surface area contributed by atoms with Crippen LogP contribution in [0, 0.1) is 17.8 Å². The molecule has 1 aliphatic rings. The number of carbonyl (C=O) groups is 2. The lowest BCUT2D eigenvalue weighted by Gasteiger charge is -2.27. The summed E-state index contributed by atoms with van der Waals surface area (Å²) in [5, 5.41) is 63.0. The molecule has 1 amide bonds. The molecule has 7 N–H and O–H groups in total. The molecular weight excluding hydrogens is 562 g/mol. The van der Waals surface area contributed by atoms with Crippen LogP contribution in [-0.2, 0) is 9.59 Å². The van der Waals surface area contributed by atoms with Crippen molar-refractivity contribution in [2.24, 2.45) is 17.8 Å². The number of carboxylic acids is 1. The molecule has 0 saturated heterocycles. The van der Waals surface area contributed by atoms with Gasteiger partial charge in [-0.2, -0.15) is 0 Å². The van der Waals surface area contributed by atoms with Gasteiger partial charge >= 0.3 is 5.97 Å². The first-order valence-electron chi connectivity index (χ1n) is 14.1. The highest BCUT2D eigenvalue weighted by Crippen LogP contribution is 2.26. The molecule has 10 heteroatoms. The van der Waals surface area contributed by atoms with Gasteiger partial charge in [0.15, 0.2) is 0 Å². The van der Waals surface area contributed by atoms with Gasteiger partial charge in [0.1, 0.15) is 6.10 Å². The summed E-state index contributed by atoms with van der Waals surface area (Å²) in [6.45, 7) is 7.50. The van der Waals surface area contributed by atoms with Crippen LogP contribution in [0.4, 0.5) is 0 Å². The van der Waals surface area contributed by atoms with Crippen molar-refractivity contribution in [2.45, 2.75) is 83.5 Å². The molecule has 8 unspecified atom stereocenters. The number of carbonyl (C=O) groups excluding carboxylic acids is 1. The highest BCUT2D eigenvalue weighted by Gasteiger charge is 2.37. The minimum atomic E-state index is -1.51. The van der Waals surface area contributed by atoms with E-state index in [4.69, 9.17) is 16.7 Å². The van der Waals surface area contributed by atoms with Gasteiger partial charge in [0.25, 0.3) is 0 Å². The molecule has 1 fully saturated rings. The lowest BCUT2D eigenvalue weighted by molar-refractivity contribution is -0.141. The van der Waals surface area contributed by atoms with Crippen LogP contribution in [0.1, 0.15) is 47.0 Å². The van der Waals surface area contributed by atoms with Crippen LogP contribution in [0.3, 0.4) is 0 Å². The van der Waals surface area contributed by atoms with Crippen molar-refractivity contribution in [3.63, 3.8) is 0 Å². The lowest BCUT2D eigenvalue weighted by atomic mass is 9.93. The average Bonchev–Trinajstić information content (AvgIpc) is 3.29. The summed E-state index contributed by atoms with van der Waals surface area (Å²) >= 11 is 6.29. The molecule has 234 valence electrons. The molecular formula is C32H46ClNO8. The van der Waals surface area contributed by atoms with Gasteiger partial charge in [-0.3, -0.25) is 9.59 Å². The Morgan fingerprint density at radius 2 is 1.50 bits per heavy atom. The topological polar surface area (TPSA) is 168 Å². The Kier molecular flexibility index (Phi) is 17.2. The van der Waals surface area contributed by atoms with Crippen molar-refractivity contribution in [2.75, 3.05) is 0 Å². The largest absolute Gasteiger partial charge is 0.481 e. The third-order valence-electron chi connectivity index (χ3n) is 6.76. The van der Waals surface area contributed by atoms with Crippen LogP contribution < -0.4 is 5.32 Å². The number of allylic oxidation sites excluding steroid dienone is 11. The molecule has 0 aromatic heterocycles. The first-order chi connectivity index (χ1) is 19.7. The number of carboxylic acid groups (broad SMARTS) is 1.